The summed E-state index contributed by atoms with van der Waals surface area (Å²) in [5, 5.41) is 0.678. The van der Waals surface area contributed by atoms with Crippen molar-refractivity contribution in [3.8, 4) is 0 Å². The molecule has 1 saturated carbocycles. The number of pyridine rings is 1. The van der Waals surface area contributed by atoms with E-state index in [2.05, 4.69) is 15.8 Å². The molecule has 1 aromatic heterocycles. The normalized spacial score (nSPS) is 14.0. The minimum Gasteiger partial charge on any atom is -0.449 e. The lowest BCUT2D eigenvalue weighted by Gasteiger charge is -2.15. The average Bonchev–Trinajstić information content (AvgIpc) is 3.62. The largest absolute Gasteiger partial charge is 0.449 e. The highest BCUT2D eigenvalue weighted by atomic mass is 16.5. The van der Waals surface area contributed by atoms with E-state index >= 15 is 0 Å². The van der Waals surface area contributed by atoms with Crippen molar-refractivity contribution < 1.29 is 19.1 Å². The van der Waals surface area contributed by atoms with Crippen LogP contribution in [0.5, 0.6) is 0 Å². The molecule has 1 fully saturated rings. The Hall–Kier alpha value is -3.74. The van der Waals surface area contributed by atoms with Gasteiger partial charge in [0.15, 0.2) is 6.10 Å². The zero-order valence-corrected chi connectivity index (χ0v) is 16.4. The highest BCUT2D eigenvalue weighted by molar-refractivity contribution is 6.04. The average molecular weight is 403 g/mol. The Balaban J connectivity index is 1.43. The first-order valence-electron chi connectivity index (χ1n) is 9.79. The van der Waals surface area contributed by atoms with Crippen LogP contribution in [0.25, 0.3) is 10.9 Å². The van der Waals surface area contributed by atoms with Crippen molar-refractivity contribution in [2.24, 2.45) is 0 Å². The van der Waals surface area contributed by atoms with Crippen LogP contribution in [0.4, 0.5) is 0 Å². The molecule has 1 atom stereocenters. The van der Waals surface area contributed by atoms with E-state index in [-0.39, 0.29) is 0 Å². The zero-order chi connectivity index (χ0) is 21.1. The molecule has 2 N–H and O–H groups in total. The van der Waals surface area contributed by atoms with Gasteiger partial charge in [-0.2, -0.15) is 0 Å². The maximum absolute atomic E-state index is 12.8. The maximum atomic E-state index is 12.8. The Bertz CT molecular complexity index is 1110. The topological polar surface area (TPSA) is 97.4 Å². The summed E-state index contributed by atoms with van der Waals surface area (Å²) in [6.45, 7) is 1.45. The number of amides is 2. The van der Waals surface area contributed by atoms with Crippen molar-refractivity contribution in [2.75, 3.05) is 0 Å². The van der Waals surface area contributed by atoms with Crippen molar-refractivity contribution in [3.63, 3.8) is 0 Å². The Labute approximate surface area is 173 Å². The van der Waals surface area contributed by atoms with Gasteiger partial charge in [-0.15, -0.1) is 0 Å². The van der Waals surface area contributed by atoms with Crippen LogP contribution in [-0.4, -0.2) is 28.9 Å². The van der Waals surface area contributed by atoms with E-state index < -0.39 is 23.9 Å². The lowest BCUT2D eigenvalue weighted by atomic mass is 10.1. The number of fused-ring (bicyclic) bond motifs is 1. The lowest BCUT2D eigenvalue weighted by molar-refractivity contribution is -0.129. The smallest absolute Gasteiger partial charge is 0.339 e. The standard InChI is InChI=1S/C23H21N3O4/c1-14(21(27)25-26-22(28)16-7-3-2-4-8-16)30-23(29)18-13-20(15-11-12-15)24-19-10-6-5-9-17(18)19/h2-10,13-15H,11-12H2,1H3,(H,25,27)(H,26,28)/t14-/m0/s1. The van der Waals surface area contributed by atoms with Gasteiger partial charge in [-0.3, -0.25) is 25.4 Å². The highest BCUT2D eigenvalue weighted by Crippen LogP contribution is 2.40. The van der Waals surface area contributed by atoms with Crippen LogP contribution < -0.4 is 10.9 Å². The van der Waals surface area contributed by atoms with E-state index in [4.69, 9.17) is 4.74 Å². The summed E-state index contributed by atoms with van der Waals surface area (Å²) in [4.78, 5) is 41.8. The van der Waals surface area contributed by atoms with Crippen molar-refractivity contribution in [3.05, 3.63) is 77.5 Å². The third-order valence-corrected chi connectivity index (χ3v) is 4.94. The number of nitrogens with zero attached hydrogens (tertiary/aromatic N) is 1. The Morgan fingerprint density at radius 2 is 1.70 bits per heavy atom. The number of hydrogen-bond acceptors (Lipinski definition) is 5. The minimum absolute atomic E-state index is 0.370. The number of para-hydroxylation sites is 1. The second-order valence-corrected chi connectivity index (χ2v) is 7.24. The third-order valence-electron chi connectivity index (χ3n) is 4.94. The van der Waals surface area contributed by atoms with E-state index in [1.54, 1.807) is 42.5 Å². The Kier molecular flexibility index (Phi) is 5.43. The fourth-order valence-electron chi connectivity index (χ4n) is 3.11. The van der Waals surface area contributed by atoms with Crippen molar-refractivity contribution in [2.45, 2.75) is 31.8 Å². The van der Waals surface area contributed by atoms with Gasteiger partial charge in [0, 0.05) is 22.6 Å². The fourth-order valence-corrected chi connectivity index (χ4v) is 3.11. The van der Waals surface area contributed by atoms with Crippen molar-refractivity contribution in [1.82, 2.24) is 15.8 Å². The summed E-state index contributed by atoms with van der Waals surface area (Å²) in [5.74, 6) is -1.33. The number of rotatable bonds is 5. The van der Waals surface area contributed by atoms with Gasteiger partial charge in [0.25, 0.3) is 11.8 Å². The van der Waals surface area contributed by atoms with Crippen LogP contribution in [0, 0.1) is 0 Å². The summed E-state index contributed by atoms with van der Waals surface area (Å²) in [7, 11) is 0. The molecular weight excluding hydrogens is 382 g/mol. The molecule has 0 bridgehead atoms. The quantitative estimate of drug-likeness (QED) is 0.504. The second-order valence-electron chi connectivity index (χ2n) is 7.24. The molecule has 4 rings (SSSR count). The maximum Gasteiger partial charge on any atom is 0.339 e. The molecule has 2 aromatic carbocycles. The van der Waals surface area contributed by atoms with Crippen LogP contribution in [0.2, 0.25) is 0 Å². The zero-order valence-electron chi connectivity index (χ0n) is 16.4. The molecule has 152 valence electrons. The van der Waals surface area contributed by atoms with Crippen LogP contribution in [0.3, 0.4) is 0 Å². The molecule has 0 saturated heterocycles. The molecule has 1 aliphatic rings. The molecule has 2 amide bonds. The van der Waals surface area contributed by atoms with Crippen molar-refractivity contribution >= 4 is 28.7 Å². The van der Waals surface area contributed by atoms with Gasteiger partial charge in [-0.05, 0) is 44.0 Å². The number of hydrogen-bond donors (Lipinski definition) is 2. The van der Waals surface area contributed by atoms with Gasteiger partial charge in [-0.25, -0.2) is 4.79 Å². The van der Waals surface area contributed by atoms with Crippen LogP contribution in [-0.2, 0) is 9.53 Å². The third kappa shape index (κ3) is 4.30. The SMILES string of the molecule is C[C@H](OC(=O)c1cc(C2CC2)nc2ccccc12)C(=O)NNC(=O)c1ccccc1. The number of ether oxygens (including phenoxy) is 1. The monoisotopic (exact) mass is 403 g/mol. The van der Waals surface area contributed by atoms with E-state index in [9.17, 15) is 14.4 Å². The number of nitrogens with one attached hydrogen (secondary N) is 2. The first kappa shape index (κ1) is 19.6. The van der Waals surface area contributed by atoms with Gasteiger partial charge in [-0.1, -0.05) is 36.4 Å². The Morgan fingerprint density at radius 3 is 2.43 bits per heavy atom. The fraction of sp³-hybridized carbons (Fsp3) is 0.217. The molecular formula is C23H21N3O4. The Morgan fingerprint density at radius 1 is 1.00 bits per heavy atom. The number of benzene rings is 2. The van der Waals surface area contributed by atoms with E-state index in [1.165, 1.54) is 6.92 Å². The van der Waals surface area contributed by atoms with Gasteiger partial charge in [0.1, 0.15) is 0 Å². The van der Waals surface area contributed by atoms with Gasteiger partial charge in [0.2, 0.25) is 0 Å². The molecule has 7 heteroatoms. The predicted octanol–water partition coefficient (Wildman–Crippen LogP) is 3.12. The minimum atomic E-state index is -1.09. The second kappa shape index (κ2) is 8.32. The van der Waals surface area contributed by atoms with E-state index in [0.717, 1.165) is 24.1 Å². The lowest BCUT2D eigenvalue weighted by Crippen LogP contribution is -2.46. The molecule has 30 heavy (non-hydrogen) atoms. The summed E-state index contributed by atoms with van der Waals surface area (Å²) >= 11 is 0. The van der Waals surface area contributed by atoms with E-state index in [0.29, 0.717) is 22.4 Å². The molecule has 3 aromatic rings. The number of carbonyl (C=O) groups is 3. The van der Waals surface area contributed by atoms with Gasteiger partial charge in [0.05, 0.1) is 11.1 Å². The summed E-state index contributed by atoms with van der Waals surface area (Å²) in [6, 6.07) is 17.6. The van der Waals surface area contributed by atoms with Crippen LogP contribution >= 0.6 is 0 Å². The predicted molar refractivity (Wildman–Crippen MR) is 111 cm³/mol. The number of hydrazine groups is 1. The van der Waals surface area contributed by atoms with Crippen molar-refractivity contribution in [1.29, 1.82) is 0 Å². The first-order valence-corrected chi connectivity index (χ1v) is 9.79. The van der Waals surface area contributed by atoms with Crippen LogP contribution in [0.15, 0.2) is 60.7 Å². The van der Waals surface area contributed by atoms with Crippen LogP contribution in [0.1, 0.15) is 52.1 Å². The van der Waals surface area contributed by atoms with Gasteiger partial charge < -0.3 is 4.74 Å². The molecule has 1 aliphatic carbocycles. The first-order chi connectivity index (χ1) is 14.5. The summed E-state index contributed by atoms with van der Waals surface area (Å²) in [5.41, 5.74) is 6.98. The molecule has 0 radical (unpaired) electrons. The van der Waals surface area contributed by atoms with E-state index in [1.807, 2.05) is 18.2 Å². The molecule has 7 nitrogen and oxygen atoms in total. The highest BCUT2D eigenvalue weighted by Gasteiger charge is 2.28. The summed E-state index contributed by atoms with van der Waals surface area (Å²) in [6.07, 6.45) is 1.02. The summed E-state index contributed by atoms with van der Waals surface area (Å²) < 4.78 is 5.37. The molecule has 1 heterocycles. The molecule has 0 unspecified atom stereocenters. The number of esters is 1. The number of aromatic nitrogens is 1. The number of carbonyl (C=O) groups excluding carboxylic acids is 3. The van der Waals surface area contributed by atoms with Gasteiger partial charge >= 0.3 is 5.97 Å². The molecule has 0 spiro atoms. The molecule has 0 aliphatic heterocycles.